The highest BCUT2D eigenvalue weighted by molar-refractivity contribution is 7.89. The van der Waals surface area contributed by atoms with Gasteiger partial charge in [-0.2, -0.15) is 0 Å². The minimum atomic E-state index is -3.68. The third-order valence-electron chi connectivity index (χ3n) is 4.78. The molecule has 0 aliphatic carbocycles. The summed E-state index contributed by atoms with van der Waals surface area (Å²) in [6, 6.07) is 21.0. The molecule has 3 aromatic carbocycles. The van der Waals surface area contributed by atoms with Crippen molar-refractivity contribution in [3.05, 3.63) is 78.5 Å². The van der Waals surface area contributed by atoms with E-state index >= 15 is 0 Å². The standard InChI is InChI=1S/C21H17N5O2S2/c22-30(27,28)18-9-5-14(6-10-18)12-23-20-25-26-13-19(24-21(26)29-20)17-8-7-15-3-1-2-4-16(15)11-17/h1-11,13H,12H2,(H,23,25)(H2,22,27,28). The second kappa shape index (κ2) is 7.21. The molecular weight excluding hydrogens is 418 g/mol. The van der Waals surface area contributed by atoms with E-state index in [1.54, 1.807) is 16.6 Å². The number of nitrogens with two attached hydrogens (primary N) is 1. The topological polar surface area (TPSA) is 102 Å². The van der Waals surface area contributed by atoms with E-state index in [1.165, 1.54) is 34.2 Å². The van der Waals surface area contributed by atoms with Crippen molar-refractivity contribution in [3.8, 4) is 11.3 Å². The maximum absolute atomic E-state index is 11.3. The first-order valence-electron chi connectivity index (χ1n) is 9.17. The van der Waals surface area contributed by atoms with Gasteiger partial charge in [0.1, 0.15) is 0 Å². The van der Waals surface area contributed by atoms with Crippen molar-refractivity contribution in [3.63, 3.8) is 0 Å². The van der Waals surface area contributed by atoms with Crippen LogP contribution in [0.3, 0.4) is 0 Å². The maximum Gasteiger partial charge on any atom is 0.238 e. The number of sulfonamides is 1. The van der Waals surface area contributed by atoms with Crippen LogP contribution in [0, 0.1) is 0 Å². The zero-order chi connectivity index (χ0) is 20.7. The molecule has 5 aromatic rings. The van der Waals surface area contributed by atoms with Crippen molar-refractivity contribution in [2.75, 3.05) is 5.32 Å². The Bertz CT molecular complexity index is 1440. The molecule has 30 heavy (non-hydrogen) atoms. The highest BCUT2D eigenvalue weighted by Gasteiger charge is 2.11. The van der Waals surface area contributed by atoms with Crippen LogP contribution in [0.5, 0.6) is 0 Å². The number of imidazole rings is 1. The lowest BCUT2D eigenvalue weighted by molar-refractivity contribution is 0.598. The molecule has 9 heteroatoms. The smallest absolute Gasteiger partial charge is 0.238 e. The zero-order valence-corrected chi connectivity index (χ0v) is 17.3. The number of anilines is 1. The van der Waals surface area contributed by atoms with Gasteiger partial charge in [-0.25, -0.2) is 23.1 Å². The molecule has 0 atom stereocenters. The van der Waals surface area contributed by atoms with Gasteiger partial charge in [-0.15, -0.1) is 5.10 Å². The summed E-state index contributed by atoms with van der Waals surface area (Å²) in [5.41, 5.74) is 2.85. The van der Waals surface area contributed by atoms with Gasteiger partial charge in [0.05, 0.1) is 16.8 Å². The van der Waals surface area contributed by atoms with Gasteiger partial charge >= 0.3 is 0 Å². The molecule has 0 aliphatic rings. The van der Waals surface area contributed by atoms with Gasteiger partial charge in [0.25, 0.3) is 0 Å². The van der Waals surface area contributed by atoms with Crippen molar-refractivity contribution in [1.82, 2.24) is 14.6 Å². The fourth-order valence-electron chi connectivity index (χ4n) is 3.23. The summed E-state index contributed by atoms with van der Waals surface area (Å²) in [6.45, 7) is 0.513. The summed E-state index contributed by atoms with van der Waals surface area (Å²) >= 11 is 1.46. The molecule has 0 fully saturated rings. The number of fused-ring (bicyclic) bond motifs is 2. The van der Waals surface area contributed by atoms with Gasteiger partial charge in [0.15, 0.2) is 0 Å². The highest BCUT2D eigenvalue weighted by atomic mass is 32.2. The molecule has 0 bridgehead atoms. The Morgan fingerprint density at radius 1 is 1.00 bits per heavy atom. The molecule has 2 aromatic heterocycles. The van der Waals surface area contributed by atoms with Crippen molar-refractivity contribution in [2.45, 2.75) is 11.4 Å². The third kappa shape index (κ3) is 3.65. The number of hydrogen-bond acceptors (Lipinski definition) is 6. The van der Waals surface area contributed by atoms with E-state index in [0.29, 0.717) is 6.54 Å². The Balaban J connectivity index is 1.33. The van der Waals surface area contributed by atoms with E-state index in [4.69, 9.17) is 10.1 Å². The van der Waals surface area contributed by atoms with Crippen LogP contribution in [0.25, 0.3) is 27.0 Å². The van der Waals surface area contributed by atoms with Crippen LogP contribution in [0.4, 0.5) is 5.13 Å². The van der Waals surface area contributed by atoms with Gasteiger partial charge in [-0.3, -0.25) is 0 Å². The average Bonchev–Trinajstić information content (AvgIpc) is 3.30. The average molecular weight is 436 g/mol. The summed E-state index contributed by atoms with van der Waals surface area (Å²) in [7, 11) is -3.68. The molecule has 0 aliphatic heterocycles. The fourth-order valence-corrected chi connectivity index (χ4v) is 4.53. The Labute approximate surface area is 176 Å². The SMILES string of the molecule is NS(=O)(=O)c1ccc(CNc2nn3cc(-c4ccc5ccccc5c4)nc3s2)cc1. The van der Waals surface area contributed by atoms with E-state index in [9.17, 15) is 8.42 Å². The first-order chi connectivity index (χ1) is 14.5. The minimum absolute atomic E-state index is 0.0974. The summed E-state index contributed by atoms with van der Waals surface area (Å²) in [4.78, 5) is 5.60. The minimum Gasteiger partial charge on any atom is -0.356 e. The Morgan fingerprint density at radius 2 is 1.77 bits per heavy atom. The number of hydrogen-bond donors (Lipinski definition) is 2. The molecule has 0 amide bonds. The second-order valence-corrected chi connectivity index (χ2v) is 9.38. The summed E-state index contributed by atoms with van der Waals surface area (Å²) in [5.74, 6) is 0. The van der Waals surface area contributed by atoms with Crippen LogP contribution in [-0.2, 0) is 16.6 Å². The summed E-state index contributed by atoms with van der Waals surface area (Å²) in [5, 5.41) is 16.0. The molecule has 0 spiro atoms. The Hall–Kier alpha value is -3.27. The van der Waals surface area contributed by atoms with Crippen LogP contribution in [0.15, 0.2) is 77.8 Å². The van der Waals surface area contributed by atoms with Crippen LogP contribution in [0.1, 0.15) is 5.56 Å². The van der Waals surface area contributed by atoms with E-state index in [0.717, 1.165) is 26.9 Å². The lowest BCUT2D eigenvalue weighted by Gasteiger charge is -2.04. The molecule has 0 saturated heterocycles. The number of aromatic nitrogens is 3. The zero-order valence-electron chi connectivity index (χ0n) is 15.7. The molecule has 150 valence electrons. The van der Waals surface area contributed by atoms with Gasteiger partial charge in [-0.1, -0.05) is 59.9 Å². The predicted molar refractivity (Wildman–Crippen MR) is 119 cm³/mol. The molecule has 7 nitrogen and oxygen atoms in total. The molecule has 0 saturated carbocycles. The quantitative estimate of drug-likeness (QED) is 0.436. The van der Waals surface area contributed by atoms with Crippen LogP contribution in [-0.4, -0.2) is 23.0 Å². The normalized spacial score (nSPS) is 11.9. The van der Waals surface area contributed by atoms with E-state index in [1.807, 2.05) is 18.3 Å². The highest BCUT2D eigenvalue weighted by Crippen LogP contribution is 2.27. The summed E-state index contributed by atoms with van der Waals surface area (Å²) in [6.07, 6.45) is 1.92. The Morgan fingerprint density at radius 3 is 2.50 bits per heavy atom. The van der Waals surface area contributed by atoms with E-state index in [2.05, 4.69) is 40.7 Å². The monoisotopic (exact) mass is 435 g/mol. The van der Waals surface area contributed by atoms with Gasteiger partial charge in [-0.05, 0) is 34.5 Å². The molecule has 0 unspecified atom stereocenters. The molecule has 5 rings (SSSR count). The number of benzene rings is 3. The van der Waals surface area contributed by atoms with Crippen molar-refractivity contribution < 1.29 is 8.42 Å². The molecule has 3 N–H and O–H groups in total. The first-order valence-corrected chi connectivity index (χ1v) is 11.5. The van der Waals surface area contributed by atoms with Crippen molar-refractivity contribution in [2.24, 2.45) is 5.14 Å². The third-order valence-corrected chi connectivity index (χ3v) is 6.59. The number of primary sulfonamides is 1. The second-order valence-electron chi connectivity index (χ2n) is 6.86. The number of rotatable bonds is 5. The van der Waals surface area contributed by atoms with Crippen LogP contribution < -0.4 is 10.5 Å². The Kier molecular flexibility index (Phi) is 4.50. The number of nitrogens with one attached hydrogen (secondary N) is 1. The van der Waals surface area contributed by atoms with Crippen LogP contribution in [0.2, 0.25) is 0 Å². The van der Waals surface area contributed by atoms with Crippen LogP contribution >= 0.6 is 11.3 Å². The molecule has 0 radical (unpaired) electrons. The van der Waals surface area contributed by atoms with E-state index in [-0.39, 0.29) is 4.90 Å². The van der Waals surface area contributed by atoms with Gasteiger partial charge < -0.3 is 5.32 Å². The van der Waals surface area contributed by atoms with Gasteiger partial charge in [0.2, 0.25) is 20.1 Å². The summed E-state index contributed by atoms with van der Waals surface area (Å²) < 4.78 is 24.4. The molecule has 2 heterocycles. The number of nitrogens with zero attached hydrogens (tertiary/aromatic N) is 3. The maximum atomic E-state index is 11.3. The molecular formula is C21H17N5O2S2. The lowest BCUT2D eigenvalue weighted by atomic mass is 10.1. The predicted octanol–water partition coefficient (Wildman–Crippen LogP) is 3.87. The van der Waals surface area contributed by atoms with Gasteiger partial charge in [0, 0.05) is 12.1 Å². The fraction of sp³-hybridized carbons (Fsp3) is 0.0476. The van der Waals surface area contributed by atoms with E-state index < -0.39 is 10.0 Å². The van der Waals surface area contributed by atoms with Crippen molar-refractivity contribution in [1.29, 1.82) is 0 Å². The van der Waals surface area contributed by atoms with Crippen molar-refractivity contribution >= 4 is 42.2 Å². The first kappa shape index (κ1) is 18.7. The lowest BCUT2D eigenvalue weighted by Crippen LogP contribution is -2.12. The largest absolute Gasteiger partial charge is 0.356 e.